The van der Waals surface area contributed by atoms with Crippen LogP contribution in [0.2, 0.25) is 0 Å². The van der Waals surface area contributed by atoms with Gasteiger partial charge in [-0.25, -0.2) is 4.79 Å². The Bertz CT molecular complexity index is 265. The van der Waals surface area contributed by atoms with E-state index < -0.39 is 17.9 Å². The lowest BCUT2D eigenvalue weighted by atomic mass is 10.0. The van der Waals surface area contributed by atoms with E-state index in [0.29, 0.717) is 6.42 Å². The van der Waals surface area contributed by atoms with Crippen LogP contribution in [0, 0.1) is 0 Å². The van der Waals surface area contributed by atoms with E-state index in [4.69, 9.17) is 15.3 Å². The number of hydrogen-bond donors (Lipinski definition) is 4. The zero-order valence-electron chi connectivity index (χ0n) is 13.3. The largest absolute Gasteiger partial charge is 0.477 e. The van der Waals surface area contributed by atoms with Gasteiger partial charge >= 0.3 is 5.97 Å². The summed E-state index contributed by atoms with van der Waals surface area (Å²) in [7, 11) is 0. The van der Waals surface area contributed by atoms with Crippen LogP contribution in [0.5, 0.6) is 0 Å². The second-order valence-electron chi connectivity index (χ2n) is 5.87. The Morgan fingerprint density at radius 1 is 0.857 bits per heavy atom. The molecule has 0 aliphatic heterocycles. The molecule has 5 nitrogen and oxygen atoms in total. The summed E-state index contributed by atoms with van der Waals surface area (Å²) in [6, 6.07) is 0. The summed E-state index contributed by atoms with van der Waals surface area (Å²) < 4.78 is 0. The fourth-order valence-electron chi connectivity index (χ4n) is 2.35. The molecule has 0 heterocycles. The maximum Gasteiger partial charge on any atom is 0.366 e. The number of aliphatic hydroxyl groups is 3. The quantitative estimate of drug-likeness (QED) is 0.292. The normalized spacial score (nSPS) is 13.3. The lowest BCUT2D eigenvalue weighted by Crippen LogP contribution is -2.49. The summed E-state index contributed by atoms with van der Waals surface area (Å²) in [5.74, 6) is -4.84. The molecule has 1 atom stereocenters. The SMILES string of the molecule is CCCCCCCCCCCCCC(O)C(O)(O)C(=O)O. The Kier molecular flexibility index (Phi) is 11.6. The van der Waals surface area contributed by atoms with Gasteiger partial charge in [-0.15, -0.1) is 0 Å². The van der Waals surface area contributed by atoms with E-state index in [1.54, 1.807) is 0 Å². The molecule has 0 radical (unpaired) electrons. The molecular weight excluding hydrogens is 272 g/mol. The molecule has 0 fully saturated rings. The molecule has 4 N–H and O–H groups in total. The van der Waals surface area contributed by atoms with E-state index >= 15 is 0 Å². The third-order valence-corrected chi connectivity index (χ3v) is 3.86. The van der Waals surface area contributed by atoms with Crippen molar-refractivity contribution in [3.05, 3.63) is 0 Å². The minimum Gasteiger partial charge on any atom is -0.477 e. The van der Waals surface area contributed by atoms with Gasteiger partial charge in [-0.2, -0.15) is 0 Å². The molecule has 126 valence electrons. The van der Waals surface area contributed by atoms with E-state index in [1.165, 1.54) is 44.9 Å². The summed E-state index contributed by atoms with van der Waals surface area (Å²) in [6.45, 7) is 2.21. The summed E-state index contributed by atoms with van der Waals surface area (Å²) in [4.78, 5) is 10.5. The monoisotopic (exact) mass is 304 g/mol. The predicted octanol–water partition coefficient (Wildman–Crippen LogP) is 2.81. The Balaban J connectivity index is 3.38. The van der Waals surface area contributed by atoms with Crippen LogP contribution in [0.3, 0.4) is 0 Å². The molecule has 0 aromatic rings. The van der Waals surface area contributed by atoms with Crippen molar-refractivity contribution in [3.63, 3.8) is 0 Å². The van der Waals surface area contributed by atoms with Crippen LogP contribution in [0.25, 0.3) is 0 Å². The molecule has 0 spiro atoms. The Morgan fingerprint density at radius 2 is 1.24 bits per heavy atom. The van der Waals surface area contributed by atoms with Gasteiger partial charge in [-0.1, -0.05) is 77.6 Å². The molecule has 0 saturated carbocycles. The molecule has 0 aliphatic carbocycles. The van der Waals surface area contributed by atoms with E-state index in [2.05, 4.69) is 6.92 Å². The van der Waals surface area contributed by atoms with Gasteiger partial charge in [-0.3, -0.25) is 0 Å². The first kappa shape index (κ1) is 20.3. The van der Waals surface area contributed by atoms with Crippen LogP contribution in [0.15, 0.2) is 0 Å². The van der Waals surface area contributed by atoms with Crippen molar-refractivity contribution in [3.8, 4) is 0 Å². The molecule has 0 saturated heterocycles. The zero-order valence-corrected chi connectivity index (χ0v) is 13.3. The van der Waals surface area contributed by atoms with Gasteiger partial charge in [0.1, 0.15) is 6.10 Å². The van der Waals surface area contributed by atoms with E-state index in [1.807, 2.05) is 0 Å². The number of carbonyl (C=O) groups is 1. The first-order chi connectivity index (χ1) is 9.92. The van der Waals surface area contributed by atoms with Crippen molar-refractivity contribution in [2.75, 3.05) is 0 Å². The summed E-state index contributed by atoms with van der Waals surface area (Å²) in [5.41, 5.74) is 0. The molecule has 0 bridgehead atoms. The highest BCUT2D eigenvalue weighted by Gasteiger charge is 2.41. The van der Waals surface area contributed by atoms with Crippen LogP contribution in [-0.4, -0.2) is 38.3 Å². The molecule has 1 unspecified atom stereocenters. The van der Waals surface area contributed by atoms with E-state index in [9.17, 15) is 9.90 Å². The van der Waals surface area contributed by atoms with Crippen LogP contribution in [0.1, 0.15) is 84.0 Å². The lowest BCUT2D eigenvalue weighted by molar-refractivity contribution is -0.237. The van der Waals surface area contributed by atoms with Crippen molar-refractivity contribution in [2.24, 2.45) is 0 Å². The molecular formula is C16H32O5. The smallest absolute Gasteiger partial charge is 0.366 e. The van der Waals surface area contributed by atoms with Crippen LogP contribution in [0.4, 0.5) is 0 Å². The molecule has 0 aliphatic rings. The van der Waals surface area contributed by atoms with E-state index in [0.717, 1.165) is 19.3 Å². The molecule has 5 heteroatoms. The number of hydrogen-bond acceptors (Lipinski definition) is 4. The van der Waals surface area contributed by atoms with Crippen LogP contribution < -0.4 is 0 Å². The van der Waals surface area contributed by atoms with Gasteiger partial charge in [0.25, 0.3) is 5.79 Å². The first-order valence-electron chi connectivity index (χ1n) is 8.29. The van der Waals surface area contributed by atoms with Gasteiger partial charge in [0.05, 0.1) is 0 Å². The summed E-state index contributed by atoms with van der Waals surface area (Å²) in [6.07, 6.45) is 11.2. The minimum atomic E-state index is -3.03. The fourth-order valence-corrected chi connectivity index (χ4v) is 2.35. The van der Waals surface area contributed by atoms with Gasteiger partial charge in [-0.05, 0) is 6.42 Å². The van der Waals surface area contributed by atoms with Crippen molar-refractivity contribution in [2.45, 2.75) is 95.9 Å². The first-order valence-corrected chi connectivity index (χ1v) is 8.29. The number of aliphatic hydroxyl groups excluding tert-OH is 1. The highest BCUT2D eigenvalue weighted by atomic mass is 16.6. The van der Waals surface area contributed by atoms with Gasteiger partial charge in [0.2, 0.25) is 0 Å². The van der Waals surface area contributed by atoms with Crippen molar-refractivity contribution < 1.29 is 25.2 Å². The average molecular weight is 304 g/mol. The van der Waals surface area contributed by atoms with Gasteiger partial charge in [0.15, 0.2) is 0 Å². The molecule has 0 aromatic heterocycles. The fraction of sp³-hybridized carbons (Fsp3) is 0.938. The van der Waals surface area contributed by atoms with Crippen LogP contribution >= 0.6 is 0 Å². The predicted molar refractivity (Wildman–Crippen MR) is 81.9 cm³/mol. The third-order valence-electron chi connectivity index (χ3n) is 3.86. The standard InChI is InChI=1S/C16H32O5/c1-2-3-4-5-6-7-8-9-10-11-12-13-14(17)16(20,21)15(18)19/h14,17,20-21H,2-13H2,1H3,(H,18,19). The Labute approximate surface area is 128 Å². The highest BCUT2D eigenvalue weighted by molar-refractivity contribution is 5.75. The molecule has 21 heavy (non-hydrogen) atoms. The second-order valence-corrected chi connectivity index (χ2v) is 5.87. The van der Waals surface area contributed by atoms with Gasteiger partial charge < -0.3 is 20.4 Å². The minimum absolute atomic E-state index is 0.0936. The van der Waals surface area contributed by atoms with E-state index in [-0.39, 0.29) is 6.42 Å². The molecule has 0 rings (SSSR count). The number of aliphatic carboxylic acids is 1. The maximum atomic E-state index is 10.5. The number of carboxylic acid groups (broad SMARTS) is 1. The highest BCUT2D eigenvalue weighted by Crippen LogP contribution is 2.16. The Morgan fingerprint density at radius 3 is 1.62 bits per heavy atom. The number of unbranched alkanes of at least 4 members (excludes halogenated alkanes) is 10. The summed E-state index contributed by atoms with van der Waals surface area (Å²) >= 11 is 0. The van der Waals surface area contributed by atoms with Crippen LogP contribution in [-0.2, 0) is 4.79 Å². The lowest BCUT2D eigenvalue weighted by Gasteiger charge is -2.22. The van der Waals surface area contributed by atoms with Crippen molar-refractivity contribution in [1.82, 2.24) is 0 Å². The summed E-state index contributed by atoms with van der Waals surface area (Å²) in [5, 5.41) is 36.2. The zero-order chi connectivity index (χ0) is 16.1. The molecule has 0 amide bonds. The van der Waals surface area contributed by atoms with Crippen molar-refractivity contribution in [1.29, 1.82) is 0 Å². The Hall–Kier alpha value is -0.650. The topological polar surface area (TPSA) is 98.0 Å². The van der Waals surface area contributed by atoms with Crippen molar-refractivity contribution >= 4 is 5.97 Å². The number of rotatable bonds is 14. The molecule has 0 aromatic carbocycles. The number of carboxylic acids is 1. The average Bonchev–Trinajstić information content (AvgIpc) is 2.44. The third kappa shape index (κ3) is 9.82. The second kappa shape index (κ2) is 12.0. The maximum absolute atomic E-state index is 10.5. The van der Waals surface area contributed by atoms with Gasteiger partial charge in [0, 0.05) is 0 Å².